The van der Waals surface area contributed by atoms with Crippen molar-refractivity contribution >= 4 is 33.3 Å². The predicted octanol–water partition coefficient (Wildman–Crippen LogP) is 4.28. The number of nitrogens with zero attached hydrogens (tertiary/aromatic N) is 2. The summed E-state index contributed by atoms with van der Waals surface area (Å²) in [4.78, 5) is 16.2. The van der Waals surface area contributed by atoms with Gasteiger partial charge in [0.2, 0.25) is 0 Å². The van der Waals surface area contributed by atoms with Crippen LogP contribution in [-0.2, 0) is 0 Å². The standard InChI is InChI=1S/C16H13BrN4O/c17-12-4-3-5-13(10-12)19-16(22)20-14-6-1-2-7-15(14)21-9-8-18-11-21/h1-11H,(H2,19,20,22). The van der Waals surface area contributed by atoms with Gasteiger partial charge >= 0.3 is 6.03 Å². The maximum absolute atomic E-state index is 12.2. The number of rotatable bonds is 3. The average molecular weight is 357 g/mol. The minimum absolute atomic E-state index is 0.300. The number of amides is 2. The third-order valence-electron chi connectivity index (χ3n) is 3.02. The highest BCUT2D eigenvalue weighted by Gasteiger charge is 2.08. The van der Waals surface area contributed by atoms with Crippen molar-refractivity contribution in [1.29, 1.82) is 0 Å². The number of imidazole rings is 1. The van der Waals surface area contributed by atoms with E-state index in [1.165, 1.54) is 0 Å². The van der Waals surface area contributed by atoms with Crippen LogP contribution in [0, 0.1) is 0 Å². The molecule has 2 amide bonds. The van der Waals surface area contributed by atoms with Gasteiger partial charge in [-0.15, -0.1) is 0 Å². The number of urea groups is 1. The monoisotopic (exact) mass is 356 g/mol. The van der Waals surface area contributed by atoms with E-state index in [1.807, 2.05) is 59.3 Å². The molecule has 1 heterocycles. The van der Waals surface area contributed by atoms with Crippen LogP contribution in [0.4, 0.5) is 16.2 Å². The number of hydrogen-bond acceptors (Lipinski definition) is 2. The Balaban J connectivity index is 1.77. The summed E-state index contributed by atoms with van der Waals surface area (Å²) in [7, 11) is 0. The first-order chi connectivity index (χ1) is 10.7. The first-order valence-electron chi connectivity index (χ1n) is 6.63. The van der Waals surface area contributed by atoms with Crippen LogP contribution in [0.1, 0.15) is 0 Å². The van der Waals surface area contributed by atoms with E-state index in [4.69, 9.17) is 0 Å². The minimum Gasteiger partial charge on any atom is -0.308 e. The molecule has 0 aliphatic heterocycles. The van der Waals surface area contributed by atoms with Gasteiger partial charge in [-0.2, -0.15) is 0 Å². The van der Waals surface area contributed by atoms with Crippen molar-refractivity contribution in [2.75, 3.05) is 10.6 Å². The molecule has 0 aliphatic rings. The van der Waals surface area contributed by atoms with Crippen LogP contribution in [0.5, 0.6) is 0 Å². The molecule has 0 bridgehead atoms. The van der Waals surface area contributed by atoms with Gasteiger partial charge in [0.05, 0.1) is 17.7 Å². The number of anilines is 2. The van der Waals surface area contributed by atoms with Crippen molar-refractivity contribution in [3.8, 4) is 5.69 Å². The zero-order valence-electron chi connectivity index (χ0n) is 11.5. The van der Waals surface area contributed by atoms with Crippen molar-refractivity contribution in [1.82, 2.24) is 9.55 Å². The average Bonchev–Trinajstić information content (AvgIpc) is 3.02. The quantitative estimate of drug-likeness (QED) is 0.735. The van der Waals surface area contributed by atoms with E-state index < -0.39 is 0 Å². The first kappa shape index (κ1) is 14.3. The lowest BCUT2D eigenvalue weighted by molar-refractivity contribution is 0.262. The highest BCUT2D eigenvalue weighted by atomic mass is 79.9. The Bertz CT molecular complexity index is 786. The number of para-hydroxylation sites is 2. The van der Waals surface area contributed by atoms with E-state index in [2.05, 4.69) is 31.5 Å². The molecule has 0 atom stereocenters. The molecule has 0 aliphatic carbocycles. The summed E-state index contributed by atoms with van der Waals surface area (Å²) in [6.07, 6.45) is 5.21. The minimum atomic E-state index is -0.300. The third kappa shape index (κ3) is 3.35. The van der Waals surface area contributed by atoms with E-state index in [9.17, 15) is 4.79 Å². The Kier molecular flexibility index (Phi) is 4.20. The normalized spacial score (nSPS) is 10.2. The van der Waals surface area contributed by atoms with Crippen molar-refractivity contribution in [2.45, 2.75) is 0 Å². The molecule has 0 saturated carbocycles. The SMILES string of the molecule is O=C(Nc1cccc(Br)c1)Nc1ccccc1-n1ccnc1. The first-order valence-corrected chi connectivity index (χ1v) is 7.42. The summed E-state index contributed by atoms with van der Waals surface area (Å²) >= 11 is 3.37. The molecule has 6 heteroatoms. The fraction of sp³-hybridized carbons (Fsp3) is 0. The van der Waals surface area contributed by atoms with Crippen molar-refractivity contribution in [3.05, 3.63) is 71.7 Å². The van der Waals surface area contributed by atoms with Gasteiger partial charge in [0, 0.05) is 22.6 Å². The smallest absolute Gasteiger partial charge is 0.308 e. The van der Waals surface area contributed by atoms with Crippen LogP contribution < -0.4 is 10.6 Å². The lowest BCUT2D eigenvalue weighted by Crippen LogP contribution is -2.20. The van der Waals surface area contributed by atoms with E-state index in [0.29, 0.717) is 11.4 Å². The number of halogens is 1. The molecule has 0 fully saturated rings. The van der Waals surface area contributed by atoms with Gasteiger partial charge in [-0.05, 0) is 30.3 Å². The van der Waals surface area contributed by atoms with Gasteiger partial charge in [-0.1, -0.05) is 34.1 Å². The Morgan fingerprint density at radius 2 is 1.95 bits per heavy atom. The van der Waals surface area contributed by atoms with Gasteiger partial charge < -0.3 is 15.2 Å². The number of nitrogens with one attached hydrogen (secondary N) is 2. The zero-order valence-corrected chi connectivity index (χ0v) is 13.1. The van der Waals surface area contributed by atoms with E-state index in [0.717, 1.165) is 10.2 Å². The second kappa shape index (κ2) is 6.44. The van der Waals surface area contributed by atoms with Crippen LogP contribution in [0.25, 0.3) is 5.69 Å². The number of aromatic nitrogens is 2. The van der Waals surface area contributed by atoms with Gasteiger partial charge in [0.15, 0.2) is 0 Å². The molecule has 2 aromatic carbocycles. The molecule has 3 rings (SSSR count). The molecular formula is C16H13BrN4O. The molecule has 22 heavy (non-hydrogen) atoms. The molecule has 3 aromatic rings. The Hall–Kier alpha value is -2.60. The molecule has 0 saturated heterocycles. The summed E-state index contributed by atoms with van der Waals surface area (Å²) in [5.74, 6) is 0. The van der Waals surface area contributed by atoms with Gasteiger partial charge in [-0.25, -0.2) is 9.78 Å². The number of hydrogen-bond donors (Lipinski definition) is 2. The number of carbonyl (C=O) groups excluding carboxylic acids is 1. The number of benzene rings is 2. The lowest BCUT2D eigenvalue weighted by Gasteiger charge is -2.12. The predicted molar refractivity (Wildman–Crippen MR) is 90.3 cm³/mol. The van der Waals surface area contributed by atoms with E-state index >= 15 is 0 Å². The summed E-state index contributed by atoms with van der Waals surface area (Å²) < 4.78 is 2.75. The molecule has 2 N–H and O–H groups in total. The summed E-state index contributed by atoms with van der Waals surface area (Å²) in [6.45, 7) is 0. The third-order valence-corrected chi connectivity index (χ3v) is 3.51. The molecule has 0 spiro atoms. The van der Waals surface area contributed by atoms with E-state index in [1.54, 1.807) is 12.5 Å². The molecule has 5 nitrogen and oxygen atoms in total. The zero-order chi connectivity index (χ0) is 15.4. The summed E-state index contributed by atoms with van der Waals surface area (Å²) in [5.41, 5.74) is 2.27. The highest BCUT2D eigenvalue weighted by molar-refractivity contribution is 9.10. The van der Waals surface area contributed by atoms with Gasteiger partial charge in [-0.3, -0.25) is 0 Å². The van der Waals surface area contributed by atoms with Crippen molar-refractivity contribution < 1.29 is 4.79 Å². The summed E-state index contributed by atoms with van der Waals surface area (Å²) in [6, 6.07) is 14.7. The molecule has 0 unspecified atom stereocenters. The second-order valence-corrected chi connectivity index (χ2v) is 5.49. The largest absolute Gasteiger partial charge is 0.323 e. The van der Waals surface area contributed by atoms with Crippen LogP contribution in [0.3, 0.4) is 0 Å². The van der Waals surface area contributed by atoms with Crippen LogP contribution in [0.15, 0.2) is 71.7 Å². The fourth-order valence-corrected chi connectivity index (χ4v) is 2.46. The van der Waals surface area contributed by atoms with Crippen LogP contribution >= 0.6 is 15.9 Å². The molecule has 110 valence electrons. The number of carbonyl (C=O) groups is 1. The Labute approximate surface area is 136 Å². The fourth-order valence-electron chi connectivity index (χ4n) is 2.06. The Morgan fingerprint density at radius 3 is 2.73 bits per heavy atom. The lowest BCUT2D eigenvalue weighted by atomic mass is 10.2. The van der Waals surface area contributed by atoms with Crippen LogP contribution in [-0.4, -0.2) is 15.6 Å². The second-order valence-electron chi connectivity index (χ2n) is 4.58. The Morgan fingerprint density at radius 1 is 1.09 bits per heavy atom. The van der Waals surface area contributed by atoms with Gasteiger partial charge in [0.1, 0.15) is 0 Å². The van der Waals surface area contributed by atoms with E-state index in [-0.39, 0.29) is 6.03 Å². The molecule has 1 aromatic heterocycles. The maximum atomic E-state index is 12.2. The molecule has 0 radical (unpaired) electrons. The van der Waals surface area contributed by atoms with Crippen molar-refractivity contribution in [2.24, 2.45) is 0 Å². The van der Waals surface area contributed by atoms with Crippen molar-refractivity contribution in [3.63, 3.8) is 0 Å². The maximum Gasteiger partial charge on any atom is 0.323 e. The van der Waals surface area contributed by atoms with Gasteiger partial charge in [0.25, 0.3) is 0 Å². The topological polar surface area (TPSA) is 59.0 Å². The molecular weight excluding hydrogens is 344 g/mol. The highest BCUT2D eigenvalue weighted by Crippen LogP contribution is 2.20. The summed E-state index contributed by atoms with van der Waals surface area (Å²) in [5, 5.41) is 5.65. The van der Waals surface area contributed by atoms with Crippen LogP contribution in [0.2, 0.25) is 0 Å².